The lowest BCUT2D eigenvalue weighted by Gasteiger charge is -2.10. The Balaban J connectivity index is 1.80. The van der Waals surface area contributed by atoms with Crippen LogP contribution in [0.3, 0.4) is 0 Å². The van der Waals surface area contributed by atoms with Crippen molar-refractivity contribution in [3.8, 4) is 0 Å². The lowest BCUT2D eigenvalue weighted by atomic mass is 10.1. The highest BCUT2D eigenvalue weighted by Gasteiger charge is 2.36. The Hall–Kier alpha value is -2.98. The van der Waals surface area contributed by atoms with Gasteiger partial charge in [-0.25, -0.2) is 9.50 Å². The van der Waals surface area contributed by atoms with Crippen molar-refractivity contribution in [2.24, 2.45) is 7.05 Å². The molecule has 3 aromatic rings. The number of carbonyl (C=O) groups is 1. The molecule has 0 bridgehead atoms. The van der Waals surface area contributed by atoms with Crippen molar-refractivity contribution >= 4 is 17.5 Å². The van der Waals surface area contributed by atoms with Gasteiger partial charge in [-0.15, -0.1) is 5.10 Å². The minimum Gasteiger partial charge on any atom is -0.309 e. The van der Waals surface area contributed by atoms with E-state index in [1.807, 2.05) is 0 Å². The maximum Gasteiger partial charge on any atom is 0.453 e. The number of aromatic nitrogens is 6. The Kier molecular flexibility index (Phi) is 4.38. The Morgan fingerprint density at radius 3 is 2.58 bits per heavy atom. The number of alkyl halides is 3. The molecule has 8 nitrogen and oxygen atoms in total. The SMILES string of the molecule is Cc1nc2nc(C(F)(F)F)nn2c(C)c1CCC(=O)Nc1ccn(C)n1. The number of carbonyl (C=O) groups excluding carboxylic acids is 1. The number of halogens is 3. The minimum absolute atomic E-state index is 0.117. The summed E-state index contributed by atoms with van der Waals surface area (Å²) in [5.41, 5.74) is 1.65. The Morgan fingerprint density at radius 2 is 1.96 bits per heavy atom. The third-order valence-corrected chi connectivity index (χ3v) is 3.89. The fourth-order valence-corrected chi connectivity index (χ4v) is 2.62. The number of fused-ring (bicyclic) bond motifs is 1. The van der Waals surface area contributed by atoms with Gasteiger partial charge >= 0.3 is 6.18 Å². The summed E-state index contributed by atoms with van der Waals surface area (Å²) >= 11 is 0. The monoisotopic (exact) mass is 367 g/mol. The molecule has 3 rings (SSSR count). The predicted molar refractivity (Wildman–Crippen MR) is 85.4 cm³/mol. The van der Waals surface area contributed by atoms with E-state index in [-0.39, 0.29) is 18.1 Å². The molecule has 26 heavy (non-hydrogen) atoms. The summed E-state index contributed by atoms with van der Waals surface area (Å²) in [5.74, 6) is -1.17. The van der Waals surface area contributed by atoms with Crippen molar-refractivity contribution < 1.29 is 18.0 Å². The summed E-state index contributed by atoms with van der Waals surface area (Å²) in [6.45, 7) is 3.30. The summed E-state index contributed by atoms with van der Waals surface area (Å²) in [7, 11) is 1.73. The molecule has 3 aromatic heterocycles. The molecule has 138 valence electrons. The van der Waals surface area contributed by atoms with E-state index in [0.717, 1.165) is 4.52 Å². The normalized spacial score (nSPS) is 11.9. The van der Waals surface area contributed by atoms with Crippen LogP contribution in [-0.4, -0.2) is 35.3 Å². The van der Waals surface area contributed by atoms with Crippen LogP contribution in [-0.2, 0) is 24.4 Å². The van der Waals surface area contributed by atoms with Gasteiger partial charge in [0.05, 0.1) is 0 Å². The molecule has 0 aliphatic heterocycles. The molecule has 0 aliphatic carbocycles. The van der Waals surface area contributed by atoms with Crippen molar-refractivity contribution in [2.45, 2.75) is 32.9 Å². The van der Waals surface area contributed by atoms with Gasteiger partial charge < -0.3 is 5.32 Å². The van der Waals surface area contributed by atoms with E-state index < -0.39 is 12.0 Å². The summed E-state index contributed by atoms with van der Waals surface area (Å²) in [6, 6.07) is 1.66. The maximum absolute atomic E-state index is 12.8. The quantitative estimate of drug-likeness (QED) is 0.762. The highest BCUT2D eigenvalue weighted by Crippen LogP contribution is 2.27. The maximum atomic E-state index is 12.8. The van der Waals surface area contributed by atoms with Crippen molar-refractivity contribution in [1.29, 1.82) is 0 Å². The van der Waals surface area contributed by atoms with E-state index in [4.69, 9.17) is 0 Å². The summed E-state index contributed by atoms with van der Waals surface area (Å²) < 4.78 is 41.0. The molecule has 0 saturated carbocycles. The minimum atomic E-state index is -4.64. The van der Waals surface area contributed by atoms with Gasteiger partial charge in [-0.1, -0.05) is 0 Å². The third-order valence-electron chi connectivity index (χ3n) is 3.89. The number of hydrogen-bond acceptors (Lipinski definition) is 5. The highest BCUT2D eigenvalue weighted by molar-refractivity contribution is 5.89. The van der Waals surface area contributed by atoms with Crippen molar-refractivity contribution in [2.75, 3.05) is 5.32 Å². The molecule has 0 fully saturated rings. The largest absolute Gasteiger partial charge is 0.453 e. The first-order valence-corrected chi connectivity index (χ1v) is 7.74. The van der Waals surface area contributed by atoms with Crippen molar-refractivity contribution in [3.63, 3.8) is 0 Å². The van der Waals surface area contributed by atoms with Gasteiger partial charge in [-0.3, -0.25) is 9.48 Å². The highest BCUT2D eigenvalue weighted by atomic mass is 19.4. The summed E-state index contributed by atoms with van der Waals surface area (Å²) in [5, 5.41) is 10.2. The average Bonchev–Trinajstić information content (AvgIpc) is 3.13. The van der Waals surface area contributed by atoms with Crippen molar-refractivity contribution in [1.82, 2.24) is 29.4 Å². The van der Waals surface area contributed by atoms with E-state index in [9.17, 15) is 18.0 Å². The first kappa shape index (κ1) is 17.8. The number of anilines is 1. The molecule has 1 amide bonds. The van der Waals surface area contributed by atoms with Crippen molar-refractivity contribution in [3.05, 3.63) is 35.0 Å². The fourth-order valence-electron chi connectivity index (χ4n) is 2.62. The standard InChI is InChI=1S/C15H16F3N7O/c1-8-10(4-5-12(26)20-11-6-7-24(3)22-11)9(2)25-14(19-8)21-13(23-25)15(16,17)18/h6-7H,4-5H2,1-3H3,(H,20,22,26). The number of rotatable bonds is 4. The number of nitrogens with one attached hydrogen (secondary N) is 1. The van der Waals surface area contributed by atoms with Gasteiger partial charge in [0.15, 0.2) is 5.82 Å². The lowest BCUT2D eigenvalue weighted by molar-refractivity contribution is -0.144. The smallest absolute Gasteiger partial charge is 0.309 e. The molecule has 0 aromatic carbocycles. The second-order valence-electron chi connectivity index (χ2n) is 5.83. The van der Waals surface area contributed by atoms with Gasteiger partial charge in [-0.2, -0.15) is 23.3 Å². The zero-order chi connectivity index (χ0) is 19.1. The second kappa shape index (κ2) is 6.39. The number of amides is 1. The van der Waals surface area contributed by atoms with E-state index in [2.05, 4.69) is 25.5 Å². The molecule has 0 saturated heterocycles. The predicted octanol–water partition coefficient (Wildman–Crippen LogP) is 2.06. The van der Waals surface area contributed by atoms with Crippen LogP contribution in [0.1, 0.15) is 29.2 Å². The Bertz CT molecular complexity index is 974. The third kappa shape index (κ3) is 3.51. The zero-order valence-corrected chi connectivity index (χ0v) is 14.3. The van der Waals surface area contributed by atoms with E-state index >= 15 is 0 Å². The van der Waals surface area contributed by atoms with Crippen LogP contribution in [0.4, 0.5) is 19.0 Å². The lowest BCUT2D eigenvalue weighted by Crippen LogP contribution is -2.15. The van der Waals surface area contributed by atoms with Gasteiger partial charge in [0, 0.05) is 37.1 Å². The van der Waals surface area contributed by atoms with Crippen LogP contribution in [0.15, 0.2) is 12.3 Å². The Morgan fingerprint density at radius 1 is 1.23 bits per heavy atom. The first-order chi connectivity index (χ1) is 12.1. The molecule has 0 radical (unpaired) electrons. The zero-order valence-electron chi connectivity index (χ0n) is 14.3. The van der Waals surface area contributed by atoms with Gasteiger partial charge in [-0.05, 0) is 25.8 Å². The topological polar surface area (TPSA) is 90.0 Å². The fraction of sp³-hybridized carbons (Fsp3) is 0.400. The number of nitrogens with zero attached hydrogens (tertiary/aromatic N) is 6. The summed E-state index contributed by atoms with van der Waals surface area (Å²) in [4.78, 5) is 19.6. The molecule has 1 N–H and O–H groups in total. The van der Waals surface area contributed by atoms with E-state index in [1.165, 1.54) is 0 Å². The number of hydrogen-bond donors (Lipinski definition) is 1. The van der Waals surface area contributed by atoms with Gasteiger partial charge in [0.25, 0.3) is 11.6 Å². The van der Waals surface area contributed by atoms with E-state index in [0.29, 0.717) is 29.2 Å². The summed E-state index contributed by atoms with van der Waals surface area (Å²) in [6.07, 6.45) is -2.51. The molecule has 0 atom stereocenters. The average molecular weight is 367 g/mol. The van der Waals surface area contributed by atoms with Crippen LogP contribution in [0.25, 0.3) is 5.78 Å². The second-order valence-corrected chi connectivity index (χ2v) is 5.83. The van der Waals surface area contributed by atoms with Crippen LogP contribution >= 0.6 is 0 Å². The Labute approximate surface area is 146 Å². The van der Waals surface area contributed by atoms with Gasteiger partial charge in [0.1, 0.15) is 0 Å². The molecule has 0 spiro atoms. The molecular weight excluding hydrogens is 351 g/mol. The molecule has 3 heterocycles. The first-order valence-electron chi connectivity index (χ1n) is 7.74. The number of aryl methyl sites for hydroxylation is 3. The van der Waals surface area contributed by atoms with Crippen LogP contribution < -0.4 is 5.32 Å². The molecular formula is C15H16F3N7O. The molecule has 0 aliphatic rings. The van der Waals surface area contributed by atoms with Gasteiger partial charge in [0.2, 0.25) is 5.91 Å². The molecule has 11 heteroatoms. The molecule has 0 unspecified atom stereocenters. The van der Waals surface area contributed by atoms with Crippen LogP contribution in [0.5, 0.6) is 0 Å². The van der Waals surface area contributed by atoms with E-state index in [1.54, 1.807) is 37.8 Å². The van der Waals surface area contributed by atoms with Crippen LogP contribution in [0, 0.1) is 13.8 Å². The van der Waals surface area contributed by atoms with Crippen LogP contribution in [0.2, 0.25) is 0 Å².